The van der Waals surface area contributed by atoms with Crippen molar-refractivity contribution < 1.29 is 62.1 Å². The van der Waals surface area contributed by atoms with Crippen LogP contribution in [-0.2, 0) is 35.3 Å². The summed E-state index contributed by atoms with van der Waals surface area (Å²) in [5, 5.41) is 17.0. The van der Waals surface area contributed by atoms with Gasteiger partial charge in [-0.25, -0.2) is 19.4 Å². The highest BCUT2D eigenvalue weighted by Crippen LogP contribution is 2.44. The second kappa shape index (κ2) is 40.4. The first kappa shape index (κ1) is 84.8. The molecule has 0 saturated carbocycles. The van der Waals surface area contributed by atoms with Gasteiger partial charge in [0, 0.05) is 153 Å². The topological polar surface area (TPSA) is 233 Å². The lowest BCUT2D eigenvalue weighted by Crippen LogP contribution is -2.42. The van der Waals surface area contributed by atoms with Crippen LogP contribution in [0.4, 0.5) is 14.4 Å². The number of imidazole rings is 1. The van der Waals surface area contributed by atoms with Crippen molar-refractivity contribution in [3.8, 4) is 40.2 Å². The number of aryl methyl sites for hydroxylation is 1. The molecule has 22 nitrogen and oxygen atoms in total. The summed E-state index contributed by atoms with van der Waals surface area (Å²) in [6.45, 7) is 6.51. The van der Waals surface area contributed by atoms with Crippen molar-refractivity contribution >= 4 is 121 Å². The molecule has 0 radical (unpaired) electrons. The lowest BCUT2D eigenvalue weighted by Gasteiger charge is -2.35. The van der Waals surface area contributed by atoms with E-state index in [9.17, 15) is 19.5 Å². The van der Waals surface area contributed by atoms with Crippen LogP contribution in [0.3, 0.4) is 0 Å². The van der Waals surface area contributed by atoms with Crippen LogP contribution in [0, 0.1) is 0 Å². The Bertz CT molecular complexity index is 5540. The molecule has 4 atom stereocenters. The zero-order valence-corrected chi connectivity index (χ0v) is 70.2. The molecule has 13 aromatic rings. The highest BCUT2D eigenvalue weighted by atomic mass is 35.5. The molecule has 0 saturated heterocycles. The Balaban J connectivity index is 0.000000147. The van der Waals surface area contributed by atoms with Crippen molar-refractivity contribution in [2.75, 3.05) is 99.5 Å². The molecule has 618 valence electrons. The van der Waals surface area contributed by atoms with Crippen molar-refractivity contribution in [3.05, 3.63) is 294 Å². The first-order valence-electron chi connectivity index (χ1n) is 39.1. The van der Waals surface area contributed by atoms with Gasteiger partial charge in [-0.3, -0.25) is 19.6 Å². The number of aliphatic hydroxyl groups excluding tert-OH is 1. The van der Waals surface area contributed by atoms with E-state index in [1.807, 2.05) is 138 Å². The molecule has 3 aliphatic rings. The van der Waals surface area contributed by atoms with Gasteiger partial charge < -0.3 is 67.3 Å². The molecule has 3 amide bonds. The van der Waals surface area contributed by atoms with Gasteiger partial charge >= 0.3 is 18.3 Å². The number of rotatable bonds is 27. The molecule has 4 unspecified atom stereocenters. The number of benzene rings is 9. The number of aliphatic hydroxyl groups is 1. The fourth-order valence-corrected chi connectivity index (χ4v) is 16.0. The maximum Gasteiger partial charge on any atom is 0.416 e. The molecule has 9 aromatic carbocycles. The SMILES string of the molecule is COCCN(CCOC)CC(O)COc1ccc(C2c3[nH]c4ccc(Cl)cc4c3CCN2C(=O)Oc2ccc(Cl)cc2)cc1.COc1ccc(OC(=O)N2CCc3c([nH]c4ccc(Cl)cc34)C2c2ccc(OCCCn3ccnc3)cc2)cc1.O=C(Oc1ccc(Cl)cc1)N1CCc2c([nH]c3ccc(Cl)cc23)C1c1ccc(OCCCCl)cc1. The first-order chi connectivity index (χ1) is 58.0. The number of hydrogen-bond donors (Lipinski definition) is 4. The van der Waals surface area contributed by atoms with E-state index >= 15 is 0 Å². The van der Waals surface area contributed by atoms with E-state index in [0.29, 0.717) is 145 Å². The zero-order valence-electron chi connectivity index (χ0n) is 65.6. The van der Waals surface area contributed by atoms with Gasteiger partial charge in [-0.15, -0.1) is 11.6 Å². The minimum absolute atomic E-state index is 0.131. The maximum atomic E-state index is 13.5. The smallest absolute Gasteiger partial charge is 0.416 e. The van der Waals surface area contributed by atoms with Crippen LogP contribution in [0.15, 0.2) is 219 Å². The van der Waals surface area contributed by atoms with Gasteiger partial charge in [-0.2, -0.15) is 0 Å². The van der Waals surface area contributed by atoms with Gasteiger partial charge in [0.05, 0.1) is 39.9 Å². The van der Waals surface area contributed by atoms with E-state index in [4.69, 9.17) is 112 Å². The summed E-state index contributed by atoms with van der Waals surface area (Å²) >= 11 is 36.7. The van der Waals surface area contributed by atoms with E-state index in [0.717, 1.165) is 114 Å². The van der Waals surface area contributed by atoms with Gasteiger partial charge in [-0.1, -0.05) is 94.4 Å². The lowest BCUT2D eigenvalue weighted by atomic mass is 9.92. The van der Waals surface area contributed by atoms with Gasteiger partial charge in [0.1, 0.15) is 71.1 Å². The summed E-state index contributed by atoms with van der Waals surface area (Å²) in [7, 11) is 4.91. The van der Waals surface area contributed by atoms with E-state index in [2.05, 4.69) is 24.8 Å². The van der Waals surface area contributed by atoms with Gasteiger partial charge in [0.2, 0.25) is 0 Å². The molecule has 7 heterocycles. The molecule has 16 rings (SSSR count). The number of hydrogen-bond acceptors (Lipinski definition) is 15. The molecular formula is C91H89Cl6N9O13. The number of aromatic nitrogens is 5. The normalized spacial score (nSPS) is 15.1. The number of H-pyrrole nitrogens is 3. The van der Waals surface area contributed by atoms with Crippen LogP contribution < -0.4 is 33.2 Å². The second-order valence-corrected chi connectivity index (χ2v) is 31.3. The van der Waals surface area contributed by atoms with Crippen LogP contribution in [0.1, 0.15) is 81.4 Å². The summed E-state index contributed by atoms with van der Waals surface area (Å²) in [4.78, 5) is 62.4. The van der Waals surface area contributed by atoms with Crippen molar-refractivity contribution in [1.82, 2.24) is 44.1 Å². The minimum atomic E-state index is -0.694. The second-order valence-electron chi connectivity index (χ2n) is 28.7. The van der Waals surface area contributed by atoms with Gasteiger partial charge in [0.25, 0.3) is 0 Å². The number of alkyl halides is 1. The summed E-state index contributed by atoms with van der Waals surface area (Å²) in [5.41, 5.74) is 12.0. The highest BCUT2D eigenvalue weighted by molar-refractivity contribution is 6.32. The number of carbonyl (C=O) groups is 3. The number of carbonyl (C=O) groups excluding carboxylic acids is 3. The molecule has 28 heteroatoms. The largest absolute Gasteiger partial charge is 0.497 e. The summed E-state index contributed by atoms with van der Waals surface area (Å²) in [5.74, 6) is 4.71. The van der Waals surface area contributed by atoms with Crippen molar-refractivity contribution in [1.29, 1.82) is 0 Å². The van der Waals surface area contributed by atoms with E-state index in [1.54, 1.807) is 121 Å². The molecule has 0 bridgehead atoms. The number of amides is 3. The zero-order chi connectivity index (χ0) is 82.9. The fraction of sp³-hybridized carbons (Fsp3) is 0.275. The molecule has 119 heavy (non-hydrogen) atoms. The van der Waals surface area contributed by atoms with E-state index in [-0.39, 0.29) is 18.7 Å². The lowest BCUT2D eigenvalue weighted by molar-refractivity contribution is 0.0459. The van der Waals surface area contributed by atoms with Crippen LogP contribution in [-0.4, -0.2) is 173 Å². The van der Waals surface area contributed by atoms with Gasteiger partial charge in [0.15, 0.2) is 0 Å². The Labute approximate surface area is 719 Å². The Hall–Kier alpha value is -10.6. The van der Waals surface area contributed by atoms with Crippen LogP contribution >= 0.6 is 69.6 Å². The van der Waals surface area contributed by atoms with E-state index < -0.39 is 30.4 Å². The quantitative estimate of drug-likeness (QED) is 0.0277. The monoisotopic (exact) mass is 1730 g/mol. The average Bonchev–Trinajstić information content (AvgIpc) is 1.60. The molecule has 4 N–H and O–H groups in total. The summed E-state index contributed by atoms with van der Waals surface area (Å²) in [6, 6.07) is 60.0. The predicted octanol–water partition coefficient (Wildman–Crippen LogP) is 20.2. The number of methoxy groups -OCH3 is 3. The summed E-state index contributed by atoms with van der Waals surface area (Å²) < 4.78 is 52.6. The average molecular weight is 1730 g/mol. The molecular weight excluding hydrogens is 1640 g/mol. The third kappa shape index (κ3) is 21.2. The Kier molecular flexibility index (Phi) is 28.8. The third-order valence-corrected chi connectivity index (χ3v) is 22.4. The number of ether oxygens (including phenoxy) is 9. The number of aromatic amines is 3. The van der Waals surface area contributed by atoms with Crippen LogP contribution in [0.25, 0.3) is 32.7 Å². The first-order valence-corrected chi connectivity index (χ1v) is 41.5. The van der Waals surface area contributed by atoms with E-state index in [1.165, 1.54) is 0 Å². The van der Waals surface area contributed by atoms with Crippen molar-refractivity contribution in [2.45, 2.75) is 62.9 Å². The van der Waals surface area contributed by atoms with Crippen LogP contribution in [0.5, 0.6) is 40.2 Å². The predicted molar refractivity (Wildman–Crippen MR) is 465 cm³/mol. The number of halogens is 6. The minimum Gasteiger partial charge on any atom is -0.497 e. The molecule has 3 aliphatic heterocycles. The van der Waals surface area contributed by atoms with Crippen LogP contribution in [0.2, 0.25) is 25.1 Å². The van der Waals surface area contributed by atoms with Crippen molar-refractivity contribution in [3.63, 3.8) is 0 Å². The molecule has 0 aliphatic carbocycles. The Morgan fingerprint density at radius 2 is 0.807 bits per heavy atom. The van der Waals surface area contributed by atoms with Crippen molar-refractivity contribution in [2.24, 2.45) is 0 Å². The molecule has 0 spiro atoms. The standard InChI is InChI=1S/C33H37Cl2N3O6.C31H29ClN4O4.C27H23Cl3N2O3/c1-41-17-15-37(16-18-42-2)20-25(39)21-43-26-8-3-22(4-9-26)32-31-28(29-19-24(35)7-12-30(29)36-31)13-14-38(32)33(40)44-27-10-5-23(34)6-11-27;1-38-23-8-10-25(11-9-23)40-31(37)36-16-13-26-27-19-22(32)5-12-28(27)34-29(26)30(36)21-3-6-24(7-4-21)39-18-2-15-35-17-14-33-20-35;28-13-1-15-34-20-7-2-17(3-8-20)26-25-22(23-16-19(30)6-11-24(23)31-25)12-14-32(26)27(33)35-21-9-4-18(29)5-10-21/h3-12,19,25,32,36,39H,13-18,20-21H2,1-2H3;3-12,14,17,19-20,30,34H,2,13,15-16,18H2,1H3;2-11,16,26,31H,1,12-15H2. The number of fused-ring (bicyclic) bond motifs is 9. The molecule has 4 aromatic heterocycles. The highest BCUT2D eigenvalue weighted by Gasteiger charge is 2.40. The third-order valence-electron chi connectivity index (χ3n) is 20.9. The Morgan fingerprint density at radius 3 is 1.17 bits per heavy atom. The fourth-order valence-electron chi connectivity index (χ4n) is 15.2. The Morgan fingerprint density at radius 1 is 0.454 bits per heavy atom. The number of nitrogens with zero attached hydrogens (tertiary/aromatic N) is 6. The maximum absolute atomic E-state index is 13.5. The number of nitrogens with one attached hydrogen (secondary N) is 3. The van der Waals surface area contributed by atoms with Gasteiger partial charge in [-0.05, 0) is 229 Å². The molecule has 0 fully saturated rings. The summed E-state index contributed by atoms with van der Waals surface area (Å²) in [6.07, 6.45) is 7.16.